The van der Waals surface area contributed by atoms with Gasteiger partial charge in [0.15, 0.2) is 0 Å². The van der Waals surface area contributed by atoms with Crippen LogP contribution in [0, 0.1) is 6.92 Å². The third kappa shape index (κ3) is 2.73. The summed E-state index contributed by atoms with van der Waals surface area (Å²) in [6.45, 7) is 4.37. The van der Waals surface area contributed by atoms with Crippen LogP contribution in [0.15, 0.2) is 10.5 Å². The largest absolute Gasteiger partial charge is 0.492 e. The summed E-state index contributed by atoms with van der Waals surface area (Å²) in [6.07, 6.45) is 1.16. The van der Waals surface area contributed by atoms with Crippen LogP contribution in [-0.4, -0.2) is 12.9 Å². The first-order valence-electron chi connectivity index (χ1n) is 4.65. The molecule has 4 heteroatoms. The van der Waals surface area contributed by atoms with Gasteiger partial charge in [0.2, 0.25) is 0 Å². The Morgan fingerprint density at radius 3 is 2.80 bits per heavy atom. The molecule has 1 aromatic carbocycles. The minimum absolute atomic E-state index is 0.313. The number of benzene rings is 1. The van der Waals surface area contributed by atoms with E-state index in [-0.39, 0.29) is 0 Å². The van der Waals surface area contributed by atoms with E-state index in [4.69, 9.17) is 16.3 Å². The SMILES string of the molecule is CCOc1c(CC=O)cc(Cl)c(C)c1Br. The van der Waals surface area contributed by atoms with Crippen LogP contribution in [0.4, 0.5) is 0 Å². The van der Waals surface area contributed by atoms with E-state index in [1.165, 1.54) is 0 Å². The first kappa shape index (κ1) is 12.5. The van der Waals surface area contributed by atoms with E-state index in [0.29, 0.717) is 23.8 Å². The molecule has 0 saturated carbocycles. The molecule has 1 aromatic rings. The minimum atomic E-state index is 0.313. The van der Waals surface area contributed by atoms with Crippen molar-refractivity contribution in [3.05, 3.63) is 26.7 Å². The van der Waals surface area contributed by atoms with Gasteiger partial charge in [-0.25, -0.2) is 0 Å². The molecule has 0 bridgehead atoms. The molecule has 0 heterocycles. The smallest absolute Gasteiger partial charge is 0.137 e. The van der Waals surface area contributed by atoms with E-state index in [1.54, 1.807) is 6.07 Å². The Morgan fingerprint density at radius 1 is 1.60 bits per heavy atom. The molecule has 0 radical (unpaired) electrons. The fourth-order valence-electron chi connectivity index (χ4n) is 1.28. The maximum Gasteiger partial charge on any atom is 0.137 e. The molecule has 0 amide bonds. The van der Waals surface area contributed by atoms with E-state index in [9.17, 15) is 4.79 Å². The fraction of sp³-hybridized carbons (Fsp3) is 0.364. The maximum absolute atomic E-state index is 10.5. The second-order valence-corrected chi connectivity index (χ2v) is 4.29. The zero-order valence-corrected chi connectivity index (χ0v) is 11.0. The number of carbonyl (C=O) groups excluding carboxylic acids is 1. The lowest BCUT2D eigenvalue weighted by Gasteiger charge is -2.13. The molecule has 0 fully saturated rings. The highest BCUT2D eigenvalue weighted by molar-refractivity contribution is 9.10. The third-order valence-corrected chi connectivity index (χ3v) is 3.42. The minimum Gasteiger partial charge on any atom is -0.492 e. The molecular formula is C11H12BrClO2. The predicted octanol–water partition coefficient (Wildman–Crippen LogP) is 3.55. The highest BCUT2D eigenvalue weighted by Crippen LogP contribution is 2.36. The van der Waals surface area contributed by atoms with Gasteiger partial charge < -0.3 is 9.53 Å². The van der Waals surface area contributed by atoms with Crippen molar-refractivity contribution in [2.75, 3.05) is 6.61 Å². The Labute approximate surface area is 103 Å². The second-order valence-electron chi connectivity index (χ2n) is 3.09. The molecule has 0 saturated heterocycles. The van der Waals surface area contributed by atoms with Crippen molar-refractivity contribution < 1.29 is 9.53 Å². The van der Waals surface area contributed by atoms with Crippen molar-refractivity contribution in [3.63, 3.8) is 0 Å². The van der Waals surface area contributed by atoms with Gasteiger partial charge in [-0.3, -0.25) is 0 Å². The van der Waals surface area contributed by atoms with Crippen molar-refractivity contribution >= 4 is 33.8 Å². The summed E-state index contributed by atoms with van der Waals surface area (Å²) in [7, 11) is 0. The van der Waals surface area contributed by atoms with Crippen molar-refractivity contribution in [3.8, 4) is 5.75 Å². The van der Waals surface area contributed by atoms with Crippen LogP contribution < -0.4 is 4.74 Å². The number of carbonyl (C=O) groups is 1. The van der Waals surface area contributed by atoms with E-state index in [0.717, 1.165) is 21.9 Å². The topological polar surface area (TPSA) is 26.3 Å². The van der Waals surface area contributed by atoms with Crippen LogP contribution in [0.3, 0.4) is 0 Å². The van der Waals surface area contributed by atoms with Gasteiger partial charge in [0.25, 0.3) is 0 Å². The highest BCUT2D eigenvalue weighted by Gasteiger charge is 2.13. The number of halogens is 2. The molecule has 0 N–H and O–H groups in total. The van der Waals surface area contributed by atoms with Crippen molar-refractivity contribution in [1.82, 2.24) is 0 Å². The van der Waals surface area contributed by atoms with Crippen LogP contribution >= 0.6 is 27.5 Å². The number of aldehydes is 1. The number of hydrogen-bond acceptors (Lipinski definition) is 2. The monoisotopic (exact) mass is 290 g/mol. The van der Waals surface area contributed by atoms with E-state index >= 15 is 0 Å². The molecule has 0 aliphatic rings. The quantitative estimate of drug-likeness (QED) is 0.793. The van der Waals surface area contributed by atoms with Gasteiger partial charge in [-0.15, -0.1) is 0 Å². The summed E-state index contributed by atoms with van der Waals surface area (Å²) >= 11 is 9.45. The maximum atomic E-state index is 10.5. The van der Waals surface area contributed by atoms with Crippen LogP contribution in [-0.2, 0) is 11.2 Å². The summed E-state index contributed by atoms with van der Waals surface area (Å²) in [5, 5.41) is 0.641. The number of rotatable bonds is 4. The summed E-state index contributed by atoms with van der Waals surface area (Å²) in [6, 6.07) is 1.78. The van der Waals surface area contributed by atoms with Crippen LogP contribution in [0.2, 0.25) is 5.02 Å². The molecule has 15 heavy (non-hydrogen) atoms. The standard InChI is InChI=1S/C11H12BrClO2/c1-3-15-11-8(4-5-14)6-9(13)7(2)10(11)12/h5-6H,3-4H2,1-2H3. The van der Waals surface area contributed by atoms with Gasteiger partial charge >= 0.3 is 0 Å². The summed E-state index contributed by atoms with van der Waals surface area (Å²) < 4.78 is 6.32. The number of hydrogen-bond donors (Lipinski definition) is 0. The normalized spacial score (nSPS) is 10.1. The molecule has 0 aliphatic carbocycles. The Balaban J connectivity index is 3.29. The molecule has 0 atom stereocenters. The van der Waals surface area contributed by atoms with E-state index in [2.05, 4.69) is 15.9 Å². The van der Waals surface area contributed by atoms with Crippen molar-refractivity contribution in [2.45, 2.75) is 20.3 Å². The van der Waals surface area contributed by atoms with Gasteiger partial charge in [-0.2, -0.15) is 0 Å². The predicted molar refractivity (Wildman–Crippen MR) is 64.8 cm³/mol. The molecular weight excluding hydrogens is 279 g/mol. The molecule has 0 aliphatic heterocycles. The number of ether oxygens (including phenoxy) is 1. The van der Waals surface area contributed by atoms with Gasteiger partial charge in [0.05, 0.1) is 11.1 Å². The lowest BCUT2D eigenvalue weighted by molar-refractivity contribution is -0.107. The van der Waals surface area contributed by atoms with E-state index < -0.39 is 0 Å². The first-order chi connectivity index (χ1) is 7.11. The average Bonchev–Trinajstić information content (AvgIpc) is 2.21. The summed E-state index contributed by atoms with van der Waals surface area (Å²) in [5.41, 5.74) is 1.74. The van der Waals surface area contributed by atoms with Crippen LogP contribution in [0.5, 0.6) is 5.75 Å². The molecule has 2 nitrogen and oxygen atoms in total. The van der Waals surface area contributed by atoms with Crippen molar-refractivity contribution in [2.24, 2.45) is 0 Å². The summed E-state index contributed by atoms with van der Waals surface area (Å²) in [4.78, 5) is 10.5. The molecule has 0 spiro atoms. The first-order valence-corrected chi connectivity index (χ1v) is 5.82. The van der Waals surface area contributed by atoms with Crippen LogP contribution in [0.25, 0.3) is 0 Å². The zero-order chi connectivity index (χ0) is 11.4. The Bertz CT molecular complexity index is 377. The van der Waals surface area contributed by atoms with Crippen molar-refractivity contribution in [1.29, 1.82) is 0 Å². The van der Waals surface area contributed by atoms with E-state index in [1.807, 2.05) is 13.8 Å². The lowest BCUT2D eigenvalue weighted by atomic mass is 10.1. The van der Waals surface area contributed by atoms with Gasteiger partial charge in [0.1, 0.15) is 12.0 Å². The third-order valence-electron chi connectivity index (χ3n) is 2.07. The zero-order valence-electron chi connectivity index (χ0n) is 8.64. The second kappa shape index (κ2) is 5.52. The van der Waals surface area contributed by atoms with Crippen LogP contribution in [0.1, 0.15) is 18.1 Å². The Kier molecular flexibility index (Phi) is 4.61. The van der Waals surface area contributed by atoms with Gasteiger partial charge in [0, 0.05) is 17.0 Å². The van der Waals surface area contributed by atoms with Gasteiger partial charge in [-0.05, 0) is 41.4 Å². The molecule has 0 aromatic heterocycles. The highest BCUT2D eigenvalue weighted by atomic mass is 79.9. The molecule has 1 rings (SSSR count). The molecule has 0 unspecified atom stereocenters. The average molecular weight is 292 g/mol. The Morgan fingerprint density at radius 2 is 2.27 bits per heavy atom. The molecule has 82 valence electrons. The fourth-order valence-corrected chi connectivity index (χ4v) is 2.21. The summed E-state index contributed by atoms with van der Waals surface area (Å²) in [5.74, 6) is 0.714. The lowest BCUT2D eigenvalue weighted by Crippen LogP contribution is -2.00. The Hall–Kier alpha value is -0.540. The van der Waals surface area contributed by atoms with Gasteiger partial charge in [-0.1, -0.05) is 11.6 Å².